The lowest BCUT2D eigenvalue weighted by atomic mass is 9.94. The van der Waals surface area contributed by atoms with E-state index in [0.717, 1.165) is 12.5 Å². The number of anilines is 1. The minimum absolute atomic E-state index is 0.0626. The molecule has 1 aliphatic rings. The van der Waals surface area contributed by atoms with E-state index in [1.165, 1.54) is 12.3 Å². The van der Waals surface area contributed by atoms with E-state index >= 15 is 0 Å². The Kier molecular flexibility index (Phi) is 5.65. The number of alkyl halides is 3. The molecule has 1 aliphatic heterocycles. The van der Waals surface area contributed by atoms with Gasteiger partial charge in [-0.25, -0.2) is 4.79 Å². The van der Waals surface area contributed by atoms with E-state index in [4.69, 9.17) is 4.74 Å². The molecule has 5 nitrogen and oxygen atoms in total. The van der Waals surface area contributed by atoms with Gasteiger partial charge in [0.1, 0.15) is 5.60 Å². The molecule has 2 aromatic rings. The van der Waals surface area contributed by atoms with Crippen LogP contribution in [0, 0.1) is 5.92 Å². The molecule has 1 fully saturated rings. The van der Waals surface area contributed by atoms with Crippen LogP contribution < -0.4 is 10.2 Å². The highest BCUT2D eigenvalue weighted by atomic mass is 19.4. The molecule has 1 saturated heterocycles. The van der Waals surface area contributed by atoms with Crippen LogP contribution in [0.4, 0.5) is 23.7 Å². The monoisotopic (exact) mass is 409 g/mol. The molecule has 1 amide bonds. The van der Waals surface area contributed by atoms with Gasteiger partial charge in [0.05, 0.1) is 11.1 Å². The van der Waals surface area contributed by atoms with Crippen molar-refractivity contribution in [3.05, 3.63) is 36.0 Å². The summed E-state index contributed by atoms with van der Waals surface area (Å²) in [6, 6.07) is 5.70. The molecule has 3 rings (SSSR count). The molecule has 29 heavy (non-hydrogen) atoms. The van der Waals surface area contributed by atoms with Crippen LogP contribution in [-0.2, 0) is 10.9 Å². The molecule has 0 radical (unpaired) electrons. The minimum Gasteiger partial charge on any atom is -0.444 e. The number of carbonyl (C=O) groups excluding carboxylic acids is 1. The molecule has 158 valence electrons. The Morgan fingerprint density at radius 3 is 2.59 bits per heavy atom. The number of fused-ring (bicyclic) bond motifs is 1. The van der Waals surface area contributed by atoms with E-state index in [1.54, 1.807) is 32.9 Å². The van der Waals surface area contributed by atoms with Gasteiger partial charge in [0.2, 0.25) is 0 Å². The molecule has 1 aromatic carbocycles. The van der Waals surface area contributed by atoms with E-state index in [9.17, 15) is 18.0 Å². The van der Waals surface area contributed by atoms with Crippen LogP contribution in [0.25, 0.3) is 10.9 Å². The number of amides is 1. The zero-order valence-electron chi connectivity index (χ0n) is 17.0. The van der Waals surface area contributed by atoms with Crippen LogP contribution in [0.15, 0.2) is 30.5 Å². The first-order valence-electron chi connectivity index (χ1n) is 9.63. The number of alkyl carbamates (subject to hydrolysis) is 1. The molecule has 1 N–H and O–H groups in total. The topological polar surface area (TPSA) is 54.5 Å². The second-order valence-electron chi connectivity index (χ2n) is 8.62. The Morgan fingerprint density at radius 1 is 1.21 bits per heavy atom. The lowest BCUT2D eigenvalue weighted by molar-refractivity contribution is -0.136. The number of aromatic nitrogens is 1. The normalized spacial score (nSPS) is 20.6. The first-order valence-corrected chi connectivity index (χ1v) is 9.63. The molecule has 2 heterocycles. The molecular weight excluding hydrogens is 383 g/mol. The quantitative estimate of drug-likeness (QED) is 0.759. The fraction of sp³-hybridized carbons (Fsp3) is 0.524. The molecule has 1 aromatic heterocycles. The number of hydrogen-bond acceptors (Lipinski definition) is 4. The Labute approximate surface area is 168 Å². The fourth-order valence-corrected chi connectivity index (χ4v) is 3.79. The van der Waals surface area contributed by atoms with Crippen molar-refractivity contribution in [2.45, 2.75) is 51.9 Å². The average Bonchev–Trinajstić information content (AvgIpc) is 2.57. The van der Waals surface area contributed by atoms with E-state index in [2.05, 4.69) is 17.2 Å². The molecule has 0 bridgehead atoms. The van der Waals surface area contributed by atoms with Gasteiger partial charge in [-0.2, -0.15) is 13.2 Å². The Hall–Kier alpha value is -2.51. The predicted molar refractivity (Wildman–Crippen MR) is 106 cm³/mol. The van der Waals surface area contributed by atoms with Crippen molar-refractivity contribution in [3.8, 4) is 0 Å². The number of hydrogen-bond donors (Lipinski definition) is 1. The maximum atomic E-state index is 13.4. The van der Waals surface area contributed by atoms with Gasteiger partial charge in [-0.15, -0.1) is 0 Å². The fourth-order valence-electron chi connectivity index (χ4n) is 3.79. The number of pyridine rings is 1. The second-order valence-corrected chi connectivity index (χ2v) is 8.62. The number of ether oxygens (including phenoxy) is 1. The van der Waals surface area contributed by atoms with Gasteiger partial charge >= 0.3 is 12.3 Å². The van der Waals surface area contributed by atoms with E-state index in [-0.39, 0.29) is 17.5 Å². The summed E-state index contributed by atoms with van der Waals surface area (Å²) in [5.74, 6) is 0.248. The number of rotatable bonds is 2. The number of benzene rings is 1. The molecule has 0 spiro atoms. The molecule has 2 atom stereocenters. The summed E-state index contributed by atoms with van der Waals surface area (Å²) in [7, 11) is 0. The highest BCUT2D eigenvalue weighted by Gasteiger charge is 2.35. The van der Waals surface area contributed by atoms with Gasteiger partial charge in [-0.3, -0.25) is 4.98 Å². The summed E-state index contributed by atoms with van der Waals surface area (Å²) >= 11 is 0. The molecule has 0 unspecified atom stereocenters. The summed E-state index contributed by atoms with van der Waals surface area (Å²) in [6.45, 7) is 8.61. The minimum atomic E-state index is -4.47. The van der Waals surface area contributed by atoms with Crippen LogP contribution in [0.3, 0.4) is 0 Å². The zero-order valence-corrected chi connectivity index (χ0v) is 17.0. The van der Waals surface area contributed by atoms with Gasteiger partial charge in [-0.1, -0.05) is 6.92 Å². The number of carbonyl (C=O) groups is 1. The predicted octanol–water partition coefficient (Wildman–Crippen LogP) is 4.99. The van der Waals surface area contributed by atoms with Gasteiger partial charge in [-0.05, 0) is 57.4 Å². The molecule has 0 aliphatic carbocycles. The lowest BCUT2D eigenvalue weighted by Gasteiger charge is -2.39. The summed E-state index contributed by atoms with van der Waals surface area (Å²) < 4.78 is 45.5. The van der Waals surface area contributed by atoms with Crippen molar-refractivity contribution >= 4 is 22.7 Å². The van der Waals surface area contributed by atoms with E-state index in [0.29, 0.717) is 24.2 Å². The smallest absolute Gasteiger partial charge is 0.418 e. The van der Waals surface area contributed by atoms with Crippen LogP contribution in [0.1, 0.15) is 39.7 Å². The third-order valence-corrected chi connectivity index (χ3v) is 4.77. The zero-order chi connectivity index (χ0) is 21.4. The first kappa shape index (κ1) is 21.2. The Balaban J connectivity index is 1.88. The van der Waals surface area contributed by atoms with Gasteiger partial charge in [0.15, 0.2) is 0 Å². The van der Waals surface area contributed by atoms with Crippen molar-refractivity contribution in [1.82, 2.24) is 10.3 Å². The summed E-state index contributed by atoms with van der Waals surface area (Å²) in [6.07, 6.45) is -2.82. The number of piperidine rings is 1. The number of halogens is 3. The van der Waals surface area contributed by atoms with Gasteiger partial charge in [0.25, 0.3) is 0 Å². The van der Waals surface area contributed by atoms with Gasteiger partial charge in [0, 0.05) is 36.4 Å². The first-order chi connectivity index (χ1) is 13.4. The van der Waals surface area contributed by atoms with Crippen molar-refractivity contribution in [1.29, 1.82) is 0 Å². The van der Waals surface area contributed by atoms with E-state index in [1.807, 2.05) is 4.90 Å². The van der Waals surface area contributed by atoms with Crippen LogP contribution in [-0.4, -0.2) is 35.8 Å². The highest BCUT2D eigenvalue weighted by molar-refractivity contribution is 5.94. The number of nitrogens with zero attached hydrogens (tertiary/aromatic N) is 2. The van der Waals surface area contributed by atoms with Crippen molar-refractivity contribution in [2.24, 2.45) is 5.92 Å². The third kappa shape index (κ3) is 5.10. The van der Waals surface area contributed by atoms with Crippen LogP contribution in [0.2, 0.25) is 0 Å². The Morgan fingerprint density at radius 2 is 1.93 bits per heavy atom. The summed E-state index contributed by atoms with van der Waals surface area (Å²) in [4.78, 5) is 18.2. The largest absolute Gasteiger partial charge is 0.444 e. The van der Waals surface area contributed by atoms with Crippen molar-refractivity contribution in [2.75, 3.05) is 18.0 Å². The van der Waals surface area contributed by atoms with Gasteiger partial charge < -0.3 is 15.0 Å². The molecular formula is C21H26F3N3O2. The highest BCUT2D eigenvalue weighted by Crippen LogP contribution is 2.38. The average molecular weight is 409 g/mol. The summed E-state index contributed by atoms with van der Waals surface area (Å²) in [5, 5.41) is 3.34. The molecule has 0 saturated carbocycles. The van der Waals surface area contributed by atoms with Crippen molar-refractivity contribution in [3.63, 3.8) is 0 Å². The SMILES string of the molecule is C[C@@H]1C[C@H](NC(=O)OC(C)(C)C)CN(c2ccc(C(F)(F)F)c3ncccc23)C1. The third-order valence-electron chi connectivity index (χ3n) is 4.77. The van der Waals surface area contributed by atoms with Crippen LogP contribution >= 0.6 is 0 Å². The lowest BCUT2D eigenvalue weighted by Crippen LogP contribution is -2.51. The van der Waals surface area contributed by atoms with Crippen LogP contribution in [0.5, 0.6) is 0 Å². The maximum Gasteiger partial charge on any atom is 0.418 e. The second kappa shape index (κ2) is 7.72. The number of nitrogens with one attached hydrogen (secondary N) is 1. The Bertz CT molecular complexity index is 893. The standard InChI is InChI=1S/C21H26F3N3O2/c1-13-10-14(26-19(28)29-20(2,3)4)12-27(11-13)17-8-7-16(21(22,23)24)18-15(17)6-5-9-25-18/h5-9,13-14H,10-12H2,1-4H3,(H,26,28)/t13-,14+/m1/s1. The summed E-state index contributed by atoms with van der Waals surface area (Å²) in [5.41, 5.74) is -0.722. The van der Waals surface area contributed by atoms with E-state index < -0.39 is 23.4 Å². The van der Waals surface area contributed by atoms with Crippen molar-refractivity contribution < 1.29 is 22.7 Å². The molecule has 8 heteroatoms. The maximum absolute atomic E-state index is 13.4.